The number of sulfonamides is 1. The van der Waals surface area contributed by atoms with Crippen molar-refractivity contribution in [3.63, 3.8) is 0 Å². The van der Waals surface area contributed by atoms with Gasteiger partial charge in [0.25, 0.3) is 0 Å². The van der Waals surface area contributed by atoms with Gasteiger partial charge >= 0.3 is 0 Å². The third kappa shape index (κ3) is 3.75. The van der Waals surface area contributed by atoms with Gasteiger partial charge in [-0.1, -0.05) is 40.5 Å². The van der Waals surface area contributed by atoms with Gasteiger partial charge in [0.15, 0.2) is 0 Å². The number of alkyl halides is 1. The highest BCUT2D eigenvalue weighted by Crippen LogP contribution is 2.34. The van der Waals surface area contributed by atoms with Crippen LogP contribution in [0.4, 0.5) is 0 Å². The average molecular weight is 381 g/mol. The highest BCUT2D eigenvalue weighted by Gasteiger charge is 2.37. The largest absolute Gasteiger partial charge is 0.241 e. The minimum absolute atomic E-state index is 0.226. The standard InChI is InChI=1S/C14H19BrClNO2S/c1-11-5-7-14(10-15,8-6-11)17-20(18,19)13-4-2-3-12(16)9-13/h2-4,9,11,17H,5-8,10H2,1H3. The van der Waals surface area contributed by atoms with E-state index in [1.165, 1.54) is 6.07 Å². The van der Waals surface area contributed by atoms with Crippen LogP contribution >= 0.6 is 27.5 Å². The Bertz CT molecular complexity index is 568. The maximum atomic E-state index is 12.5. The molecule has 0 bridgehead atoms. The van der Waals surface area contributed by atoms with E-state index < -0.39 is 10.0 Å². The van der Waals surface area contributed by atoms with Crippen LogP contribution in [0.15, 0.2) is 29.2 Å². The van der Waals surface area contributed by atoms with Crippen molar-refractivity contribution in [1.29, 1.82) is 0 Å². The van der Waals surface area contributed by atoms with Gasteiger partial charge in [0.2, 0.25) is 10.0 Å². The Hall–Kier alpha value is -0.100. The van der Waals surface area contributed by atoms with Crippen molar-refractivity contribution in [2.24, 2.45) is 5.92 Å². The second-order valence-corrected chi connectivity index (χ2v) is 8.34. The van der Waals surface area contributed by atoms with E-state index in [9.17, 15) is 8.42 Å². The number of benzene rings is 1. The first-order valence-corrected chi connectivity index (χ1v) is 9.71. The van der Waals surface area contributed by atoms with Crippen molar-refractivity contribution in [1.82, 2.24) is 4.72 Å². The zero-order valence-electron chi connectivity index (χ0n) is 11.4. The van der Waals surface area contributed by atoms with E-state index in [1.54, 1.807) is 18.2 Å². The molecule has 0 aliphatic heterocycles. The van der Waals surface area contributed by atoms with Gasteiger partial charge in [0.05, 0.1) is 4.90 Å². The van der Waals surface area contributed by atoms with Crippen LogP contribution in [0.1, 0.15) is 32.6 Å². The summed E-state index contributed by atoms with van der Waals surface area (Å²) < 4.78 is 27.9. The molecule has 0 amide bonds. The summed E-state index contributed by atoms with van der Waals surface area (Å²) in [6.07, 6.45) is 3.81. The molecule has 1 aliphatic rings. The van der Waals surface area contributed by atoms with Crippen LogP contribution < -0.4 is 4.72 Å². The van der Waals surface area contributed by atoms with Crippen molar-refractivity contribution >= 4 is 37.6 Å². The highest BCUT2D eigenvalue weighted by atomic mass is 79.9. The molecule has 1 N–H and O–H groups in total. The number of rotatable bonds is 4. The summed E-state index contributed by atoms with van der Waals surface area (Å²) in [7, 11) is -3.53. The van der Waals surface area contributed by atoms with Gasteiger partial charge in [0.1, 0.15) is 0 Å². The van der Waals surface area contributed by atoms with Gasteiger partial charge in [-0.25, -0.2) is 13.1 Å². The SMILES string of the molecule is CC1CCC(CBr)(NS(=O)(=O)c2cccc(Cl)c2)CC1. The Morgan fingerprint density at radius 2 is 2.05 bits per heavy atom. The van der Waals surface area contributed by atoms with E-state index in [0.29, 0.717) is 16.3 Å². The van der Waals surface area contributed by atoms with Crippen LogP contribution in [0.2, 0.25) is 5.02 Å². The van der Waals surface area contributed by atoms with Gasteiger partial charge in [0, 0.05) is 15.9 Å². The lowest BCUT2D eigenvalue weighted by atomic mass is 9.79. The molecule has 0 radical (unpaired) electrons. The third-order valence-corrected chi connectivity index (χ3v) is 6.83. The van der Waals surface area contributed by atoms with Crippen LogP contribution in [0.5, 0.6) is 0 Å². The predicted octanol–water partition coefficient (Wildman–Crippen LogP) is 3.96. The van der Waals surface area contributed by atoms with Gasteiger partial charge in [-0.15, -0.1) is 0 Å². The molecule has 0 heterocycles. The molecule has 112 valence electrons. The first-order valence-electron chi connectivity index (χ1n) is 6.72. The zero-order chi connectivity index (χ0) is 14.8. The second kappa shape index (κ2) is 6.34. The molecule has 1 aromatic rings. The number of hydrogen-bond donors (Lipinski definition) is 1. The molecule has 2 rings (SSSR count). The van der Waals surface area contributed by atoms with E-state index in [0.717, 1.165) is 25.7 Å². The Balaban J connectivity index is 2.22. The van der Waals surface area contributed by atoms with E-state index in [-0.39, 0.29) is 10.4 Å². The van der Waals surface area contributed by atoms with Crippen LogP contribution in [0.25, 0.3) is 0 Å². The van der Waals surface area contributed by atoms with Crippen LogP contribution in [-0.4, -0.2) is 19.3 Å². The number of hydrogen-bond acceptors (Lipinski definition) is 2. The monoisotopic (exact) mass is 379 g/mol. The molecule has 0 spiro atoms. The van der Waals surface area contributed by atoms with Crippen LogP contribution in [-0.2, 0) is 10.0 Å². The Morgan fingerprint density at radius 1 is 1.40 bits per heavy atom. The first kappa shape index (κ1) is 16.3. The molecule has 1 fully saturated rings. The second-order valence-electron chi connectivity index (χ2n) is 5.66. The molecule has 0 aromatic heterocycles. The van der Waals surface area contributed by atoms with Gasteiger partial charge in [-0.3, -0.25) is 0 Å². The fourth-order valence-electron chi connectivity index (χ4n) is 2.56. The summed E-state index contributed by atoms with van der Waals surface area (Å²) in [6.45, 7) is 2.21. The Kier molecular flexibility index (Phi) is 5.16. The third-order valence-electron chi connectivity index (χ3n) is 3.94. The molecule has 20 heavy (non-hydrogen) atoms. The quantitative estimate of drug-likeness (QED) is 0.804. The molecule has 3 nitrogen and oxygen atoms in total. The van der Waals surface area contributed by atoms with E-state index in [2.05, 4.69) is 27.6 Å². The van der Waals surface area contributed by atoms with Crippen molar-refractivity contribution in [2.45, 2.75) is 43.0 Å². The zero-order valence-corrected chi connectivity index (χ0v) is 14.6. The lowest BCUT2D eigenvalue weighted by molar-refractivity contribution is 0.250. The van der Waals surface area contributed by atoms with Crippen molar-refractivity contribution in [3.8, 4) is 0 Å². The Morgan fingerprint density at radius 3 is 2.60 bits per heavy atom. The van der Waals surface area contributed by atoms with Crippen molar-refractivity contribution < 1.29 is 8.42 Å². The maximum absolute atomic E-state index is 12.5. The lowest BCUT2D eigenvalue weighted by Gasteiger charge is -2.38. The van der Waals surface area contributed by atoms with Gasteiger partial charge < -0.3 is 0 Å². The van der Waals surface area contributed by atoms with E-state index in [4.69, 9.17) is 11.6 Å². The lowest BCUT2D eigenvalue weighted by Crippen LogP contribution is -2.51. The topological polar surface area (TPSA) is 46.2 Å². The van der Waals surface area contributed by atoms with E-state index in [1.807, 2.05) is 0 Å². The van der Waals surface area contributed by atoms with Gasteiger partial charge in [-0.05, 0) is 49.8 Å². The molecule has 6 heteroatoms. The minimum atomic E-state index is -3.53. The number of nitrogens with one attached hydrogen (secondary N) is 1. The van der Waals surface area contributed by atoms with E-state index >= 15 is 0 Å². The van der Waals surface area contributed by atoms with Crippen LogP contribution in [0.3, 0.4) is 0 Å². The predicted molar refractivity (Wildman–Crippen MR) is 85.9 cm³/mol. The summed E-state index contributed by atoms with van der Waals surface area (Å²) in [4.78, 5) is 0.226. The summed E-state index contributed by atoms with van der Waals surface area (Å²) in [5.41, 5.74) is -0.381. The molecule has 0 unspecified atom stereocenters. The smallest absolute Gasteiger partial charge is 0.207 e. The average Bonchev–Trinajstić information content (AvgIpc) is 2.41. The summed E-state index contributed by atoms with van der Waals surface area (Å²) in [5.74, 6) is 0.665. The van der Waals surface area contributed by atoms with Crippen molar-refractivity contribution in [2.75, 3.05) is 5.33 Å². The molecular formula is C14H19BrClNO2S. The molecule has 1 aliphatic carbocycles. The Labute approximate surface area is 134 Å². The molecular weight excluding hydrogens is 362 g/mol. The molecule has 0 atom stereocenters. The summed E-state index contributed by atoms with van der Waals surface area (Å²) >= 11 is 9.35. The summed E-state index contributed by atoms with van der Waals surface area (Å²) in [5, 5.41) is 1.06. The fourth-order valence-corrected chi connectivity index (χ4v) is 5.20. The highest BCUT2D eigenvalue weighted by molar-refractivity contribution is 9.09. The van der Waals surface area contributed by atoms with Crippen molar-refractivity contribution in [3.05, 3.63) is 29.3 Å². The molecule has 0 saturated heterocycles. The maximum Gasteiger partial charge on any atom is 0.241 e. The molecule has 1 aromatic carbocycles. The minimum Gasteiger partial charge on any atom is -0.207 e. The fraction of sp³-hybridized carbons (Fsp3) is 0.571. The van der Waals surface area contributed by atoms with Gasteiger partial charge in [-0.2, -0.15) is 0 Å². The summed E-state index contributed by atoms with van der Waals surface area (Å²) in [6, 6.07) is 6.38. The van der Waals surface area contributed by atoms with Crippen LogP contribution in [0, 0.1) is 5.92 Å². The number of halogens is 2. The molecule has 1 saturated carbocycles. The normalized spacial score (nSPS) is 27.4. The first-order chi connectivity index (χ1) is 9.37.